The van der Waals surface area contributed by atoms with Crippen LogP contribution in [0, 0.1) is 24.7 Å². The number of hydrogen-bond donors (Lipinski definition) is 1. The average Bonchev–Trinajstić information content (AvgIpc) is 3.05. The first-order chi connectivity index (χ1) is 9.47. The molecule has 4 atom stereocenters. The fourth-order valence-corrected chi connectivity index (χ4v) is 4.68. The number of aromatic nitrogens is 2. The molecule has 1 aromatic rings. The van der Waals surface area contributed by atoms with Gasteiger partial charge in [-0.3, -0.25) is 9.48 Å². The number of nitrogens with one attached hydrogen (secondary N) is 1. The van der Waals surface area contributed by atoms with Gasteiger partial charge in [-0.25, -0.2) is 0 Å². The molecule has 2 saturated carbocycles. The second-order valence-electron chi connectivity index (χ2n) is 6.47. The molecule has 2 fully saturated rings. The molecule has 110 valence electrons. The minimum atomic E-state index is -0.0183. The predicted molar refractivity (Wildman–Crippen MR) is 81.5 cm³/mol. The highest BCUT2D eigenvalue weighted by Crippen LogP contribution is 2.49. The van der Waals surface area contributed by atoms with Gasteiger partial charge in [-0.15, -0.1) is 0 Å². The first-order valence-electron chi connectivity index (χ1n) is 7.47. The van der Waals surface area contributed by atoms with Crippen LogP contribution in [-0.4, -0.2) is 21.7 Å². The molecule has 0 saturated heterocycles. The van der Waals surface area contributed by atoms with E-state index in [-0.39, 0.29) is 11.9 Å². The zero-order valence-corrected chi connectivity index (χ0v) is 13.9. The molecule has 0 aromatic carbocycles. The summed E-state index contributed by atoms with van der Waals surface area (Å²) < 4.78 is 2.46. The third kappa shape index (κ3) is 2.30. The lowest BCUT2D eigenvalue weighted by atomic mass is 9.84. The van der Waals surface area contributed by atoms with E-state index in [0.29, 0.717) is 11.6 Å². The van der Waals surface area contributed by atoms with E-state index in [1.165, 1.54) is 25.7 Å². The summed E-state index contributed by atoms with van der Waals surface area (Å²) in [6, 6.07) is 0.250. The Morgan fingerprint density at radius 3 is 2.70 bits per heavy atom. The fourth-order valence-electron chi connectivity index (χ4n) is 4.17. The number of fused-ring (bicyclic) bond motifs is 2. The molecular formula is C15H22BrN3O. The van der Waals surface area contributed by atoms with Crippen LogP contribution in [0.15, 0.2) is 4.47 Å². The highest BCUT2D eigenvalue weighted by atomic mass is 79.9. The first kappa shape index (κ1) is 14.1. The Morgan fingerprint density at radius 1 is 1.45 bits per heavy atom. The number of hydrogen-bond acceptors (Lipinski definition) is 2. The zero-order valence-electron chi connectivity index (χ0n) is 12.3. The Balaban J connectivity index is 1.69. The van der Waals surface area contributed by atoms with Crippen molar-refractivity contribution in [3.8, 4) is 0 Å². The number of carbonyl (C=O) groups is 1. The van der Waals surface area contributed by atoms with Crippen LogP contribution < -0.4 is 5.32 Å². The van der Waals surface area contributed by atoms with E-state index in [4.69, 9.17) is 0 Å². The summed E-state index contributed by atoms with van der Waals surface area (Å²) in [4.78, 5) is 12.5. The van der Waals surface area contributed by atoms with Crippen LogP contribution in [0.4, 0.5) is 0 Å². The molecule has 0 unspecified atom stereocenters. The number of carbonyl (C=O) groups excluding carboxylic acids is 1. The van der Waals surface area contributed by atoms with Crippen LogP contribution >= 0.6 is 15.9 Å². The molecule has 2 bridgehead atoms. The van der Waals surface area contributed by atoms with Crippen LogP contribution in [-0.2, 0) is 7.05 Å². The second kappa shape index (κ2) is 5.17. The summed E-state index contributed by atoms with van der Waals surface area (Å²) in [6.07, 6.45) is 5.41. The molecule has 1 heterocycles. The van der Waals surface area contributed by atoms with Crippen molar-refractivity contribution in [2.75, 3.05) is 0 Å². The van der Waals surface area contributed by atoms with Crippen LogP contribution in [0.5, 0.6) is 0 Å². The predicted octanol–water partition coefficient (Wildman–Crippen LogP) is 3.05. The van der Waals surface area contributed by atoms with Gasteiger partial charge in [-0.1, -0.05) is 6.42 Å². The maximum absolute atomic E-state index is 12.5. The van der Waals surface area contributed by atoms with Gasteiger partial charge in [-0.05, 0) is 66.8 Å². The van der Waals surface area contributed by atoms with Crippen molar-refractivity contribution in [1.82, 2.24) is 15.1 Å². The van der Waals surface area contributed by atoms with Crippen molar-refractivity contribution >= 4 is 21.8 Å². The summed E-state index contributed by atoms with van der Waals surface area (Å²) in [5.74, 6) is 2.38. The fraction of sp³-hybridized carbons (Fsp3) is 0.733. The van der Waals surface area contributed by atoms with E-state index in [2.05, 4.69) is 33.3 Å². The van der Waals surface area contributed by atoms with E-state index in [1.807, 2.05) is 14.0 Å². The lowest BCUT2D eigenvalue weighted by molar-refractivity contribution is 0.0905. The van der Waals surface area contributed by atoms with Crippen molar-refractivity contribution in [3.63, 3.8) is 0 Å². The Kier molecular flexibility index (Phi) is 3.65. The molecule has 2 aliphatic rings. The summed E-state index contributed by atoms with van der Waals surface area (Å²) >= 11 is 3.46. The maximum atomic E-state index is 12.5. The van der Waals surface area contributed by atoms with Crippen molar-refractivity contribution in [2.45, 2.75) is 45.6 Å². The molecule has 1 amide bonds. The van der Waals surface area contributed by atoms with Crippen LogP contribution in [0.2, 0.25) is 0 Å². The van der Waals surface area contributed by atoms with Crippen molar-refractivity contribution in [3.05, 3.63) is 15.9 Å². The highest BCUT2D eigenvalue weighted by Gasteiger charge is 2.42. The SMILES string of the molecule is Cc1nn(C)c(C(=O)N[C@@H](C)[C@H]2C[C@@H]3CC[C@@H]2C3)c1Br. The van der Waals surface area contributed by atoms with Gasteiger partial charge < -0.3 is 5.32 Å². The van der Waals surface area contributed by atoms with E-state index in [1.54, 1.807) is 4.68 Å². The lowest BCUT2D eigenvalue weighted by Gasteiger charge is -2.28. The lowest BCUT2D eigenvalue weighted by Crippen LogP contribution is -2.40. The van der Waals surface area contributed by atoms with Crippen molar-refractivity contribution in [1.29, 1.82) is 0 Å². The van der Waals surface area contributed by atoms with Gasteiger partial charge >= 0.3 is 0 Å². The molecule has 0 spiro atoms. The number of aryl methyl sites for hydroxylation is 2. The normalized spacial score (nSPS) is 29.7. The molecule has 0 radical (unpaired) electrons. The molecular weight excluding hydrogens is 318 g/mol. The first-order valence-corrected chi connectivity index (χ1v) is 8.26. The molecule has 5 heteroatoms. The number of nitrogens with zero attached hydrogens (tertiary/aromatic N) is 2. The molecule has 1 aromatic heterocycles. The standard InChI is InChI=1S/C15H22BrN3O/c1-8(12-7-10-4-5-11(12)6-10)17-15(20)14-13(16)9(2)18-19(14)3/h8,10-12H,4-7H2,1-3H3,(H,17,20)/t8-,10+,11+,12+/m0/s1. The van der Waals surface area contributed by atoms with E-state index >= 15 is 0 Å². The highest BCUT2D eigenvalue weighted by molar-refractivity contribution is 9.10. The topological polar surface area (TPSA) is 46.9 Å². The van der Waals surface area contributed by atoms with E-state index < -0.39 is 0 Å². The minimum absolute atomic E-state index is 0.0183. The smallest absolute Gasteiger partial charge is 0.270 e. The third-order valence-corrected chi connectivity index (χ3v) is 6.11. The monoisotopic (exact) mass is 339 g/mol. The summed E-state index contributed by atoms with van der Waals surface area (Å²) in [6.45, 7) is 4.06. The molecule has 0 aliphatic heterocycles. The molecule has 20 heavy (non-hydrogen) atoms. The zero-order chi connectivity index (χ0) is 14.4. The number of amides is 1. The van der Waals surface area contributed by atoms with Gasteiger partial charge in [0.05, 0.1) is 10.2 Å². The Labute approximate surface area is 128 Å². The molecule has 1 N–H and O–H groups in total. The minimum Gasteiger partial charge on any atom is -0.348 e. The van der Waals surface area contributed by atoms with Gasteiger partial charge in [0, 0.05) is 13.1 Å². The second-order valence-corrected chi connectivity index (χ2v) is 7.27. The Morgan fingerprint density at radius 2 is 2.20 bits per heavy atom. The average molecular weight is 340 g/mol. The molecule has 2 aliphatic carbocycles. The van der Waals surface area contributed by atoms with Gasteiger partial charge in [0.15, 0.2) is 0 Å². The summed E-state index contributed by atoms with van der Waals surface area (Å²) in [5, 5.41) is 7.47. The van der Waals surface area contributed by atoms with Crippen LogP contribution in [0.25, 0.3) is 0 Å². The molecule has 3 rings (SSSR count). The van der Waals surface area contributed by atoms with Gasteiger partial charge in [0.2, 0.25) is 0 Å². The maximum Gasteiger partial charge on any atom is 0.270 e. The van der Waals surface area contributed by atoms with E-state index in [9.17, 15) is 4.79 Å². The van der Waals surface area contributed by atoms with Crippen molar-refractivity contribution < 1.29 is 4.79 Å². The van der Waals surface area contributed by atoms with Gasteiger partial charge in [0.25, 0.3) is 5.91 Å². The quantitative estimate of drug-likeness (QED) is 0.919. The number of halogens is 1. The van der Waals surface area contributed by atoms with Gasteiger partial charge in [-0.2, -0.15) is 5.10 Å². The van der Waals surface area contributed by atoms with Crippen LogP contribution in [0.1, 0.15) is 48.8 Å². The van der Waals surface area contributed by atoms with E-state index in [0.717, 1.165) is 22.0 Å². The molecule has 4 nitrogen and oxygen atoms in total. The van der Waals surface area contributed by atoms with Crippen LogP contribution in [0.3, 0.4) is 0 Å². The third-order valence-electron chi connectivity index (χ3n) is 5.16. The Bertz CT molecular complexity index is 539. The Hall–Kier alpha value is -0.840. The summed E-state index contributed by atoms with van der Waals surface area (Å²) in [5.41, 5.74) is 1.47. The number of rotatable bonds is 3. The van der Waals surface area contributed by atoms with Gasteiger partial charge in [0.1, 0.15) is 5.69 Å². The summed E-state index contributed by atoms with van der Waals surface area (Å²) in [7, 11) is 1.81. The van der Waals surface area contributed by atoms with Crippen molar-refractivity contribution in [2.24, 2.45) is 24.8 Å². The largest absolute Gasteiger partial charge is 0.348 e.